The lowest BCUT2D eigenvalue weighted by Gasteiger charge is -2.35. The van der Waals surface area contributed by atoms with E-state index in [4.69, 9.17) is 0 Å². The zero-order valence-corrected chi connectivity index (χ0v) is 14.0. The smallest absolute Gasteiger partial charge is 0.243 e. The number of benzene rings is 1. The Labute approximate surface area is 145 Å². The van der Waals surface area contributed by atoms with Crippen molar-refractivity contribution in [3.05, 3.63) is 53.9 Å². The quantitative estimate of drug-likeness (QED) is 0.925. The average Bonchev–Trinajstić information content (AvgIpc) is 2.64. The highest BCUT2D eigenvalue weighted by atomic mass is 19.2. The largest absolute Gasteiger partial charge is 0.293 e. The molecule has 1 aromatic carbocycles. The fourth-order valence-electron chi connectivity index (χ4n) is 3.13. The Kier molecular flexibility index (Phi) is 5.33. The van der Waals surface area contributed by atoms with Gasteiger partial charge in [0.05, 0.1) is 6.04 Å². The number of carbonyl (C=O) groups excluding carboxylic acids is 1. The van der Waals surface area contributed by atoms with E-state index in [0.717, 1.165) is 18.4 Å². The summed E-state index contributed by atoms with van der Waals surface area (Å²) in [5, 5.41) is 2.70. The van der Waals surface area contributed by atoms with Gasteiger partial charge in [-0.2, -0.15) is 0 Å². The van der Waals surface area contributed by atoms with Crippen LogP contribution in [0.1, 0.15) is 31.2 Å². The Bertz CT molecular complexity index is 733. The summed E-state index contributed by atoms with van der Waals surface area (Å²) >= 11 is 0. The number of hydrogen-bond donors (Lipinski definition) is 1. The number of anilines is 1. The van der Waals surface area contributed by atoms with Crippen molar-refractivity contribution in [2.45, 2.75) is 31.7 Å². The van der Waals surface area contributed by atoms with Crippen molar-refractivity contribution in [1.29, 1.82) is 0 Å². The van der Waals surface area contributed by atoms with Crippen LogP contribution in [0.3, 0.4) is 0 Å². The highest BCUT2D eigenvalue weighted by Gasteiger charge is 2.28. The monoisotopic (exact) mass is 346 g/mol. The molecule has 0 aliphatic carbocycles. The van der Waals surface area contributed by atoms with Crippen molar-refractivity contribution >= 4 is 11.9 Å². The predicted octanol–water partition coefficient (Wildman–Crippen LogP) is 2.96. The molecule has 1 N–H and O–H groups in total. The van der Waals surface area contributed by atoms with Crippen LogP contribution in [0.5, 0.6) is 0 Å². The number of carbonyl (C=O) groups is 1. The minimum atomic E-state index is -0.824. The number of aromatic nitrogens is 2. The number of amides is 1. The second-order valence-corrected chi connectivity index (χ2v) is 6.22. The molecule has 2 aromatic rings. The fourth-order valence-corrected chi connectivity index (χ4v) is 3.13. The lowest BCUT2D eigenvalue weighted by Crippen LogP contribution is -2.45. The molecule has 1 atom stereocenters. The summed E-state index contributed by atoms with van der Waals surface area (Å²) in [6, 6.07) is 5.46. The molecular formula is C18H20F2N4O. The molecule has 0 radical (unpaired) electrons. The van der Waals surface area contributed by atoms with E-state index in [1.165, 1.54) is 12.1 Å². The van der Waals surface area contributed by atoms with E-state index in [0.29, 0.717) is 13.1 Å². The second-order valence-electron chi connectivity index (χ2n) is 6.22. The minimum Gasteiger partial charge on any atom is -0.293 e. The van der Waals surface area contributed by atoms with Gasteiger partial charge < -0.3 is 0 Å². The number of piperidine rings is 1. The zero-order valence-electron chi connectivity index (χ0n) is 14.0. The zero-order chi connectivity index (χ0) is 17.8. The van der Waals surface area contributed by atoms with Gasteiger partial charge in [-0.05, 0) is 62.5 Å². The Morgan fingerprint density at radius 3 is 2.52 bits per heavy atom. The maximum absolute atomic E-state index is 13.4. The standard InChI is InChI=1S/C18H20F2N4O/c1-12(17(25)23-18-21-7-2-8-22-18)24-9-5-13(6-10-24)14-3-4-15(19)16(20)11-14/h2-4,7-8,11-13H,5-6,9-10H2,1H3,(H,21,22,23,25). The molecule has 0 saturated carbocycles. The molecular weight excluding hydrogens is 326 g/mol. The highest BCUT2D eigenvalue weighted by Crippen LogP contribution is 2.29. The predicted molar refractivity (Wildman–Crippen MR) is 90.0 cm³/mol. The second kappa shape index (κ2) is 7.65. The van der Waals surface area contributed by atoms with E-state index >= 15 is 0 Å². The van der Waals surface area contributed by atoms with Crippen LogP contribution in [0.4, 0.5) is 14.7 Å². The summed E-state index contributed by atoms with van der Waals surface area (Å²) in [6.45, 7) is 3.28. The van der Waals surface area contributed by atoms with Crippen LogP contribution in [-0.4, -0.2) is 39.9 Å². The summed E-state index contributed by atoms with van der Waals surface area (Å²) in [5.41, 5.74) is 0.813. The maximum Gasteiger partial charge on any atom is 0.243 e. The van der Waals surface area contributed by atoms with Crippen molar-refractivity contribution < 1.29 is 13.6 Å². The van der Waals surface area contributed by atoms with E-state index in [2.05, 4.69) is 20.2 Å². The van der Waals surface area contributed by atoms with Gasteiger partial charge in [-0.1, -0.05) is 6.07 Å². The average molecular weight is 346 g/mol. The third kappa shape index (κ3) is 4.17. The summed E-state index contributed by atoms with van der Waals surface area (Å²) in [5.74, 6) is -1.32. The van der Waals surface area contributed by atoms with Crippen molar-refractivity contribution in [3.63, 3.8) is 0 Å². The van der Waals surface area contributed by atoms with Gasteiger partial charge in [-0.25, -0.2) is 18.7 Å². The number of nitrogens with one attached hydrogen (secondary N) is 1. The number of nitrogens with zero attached hydrogens (tertiary/aromatic N) is 3. The SMILES string of the molecule is CC(C(=O)Nc1ncccn1)N1CCC(c2ccc(F)c(F)c2)CC1. The van der Waals surface area contributed by atoms with Gasteiger partial charge in [0.15, 0.2) is 11.6 Å². The molecule has 1 saturated heterocycles. The van der Waals surface area contributed by atoms with E-state index in [9.17, 15) is 13.6 Å². The summed E-state index contributed by atoms with van der Waals surface area (Å²) in [7, 11) is 0. The van der Waals surface area contributed by atoms with Gasteiger partial charge >= 0.3 is 0 Å². The Balaban J connectivity index is 1.56. The lowest BCUT2D eigenvalue weighted by atomic mass is 9.89. The van der Waals surface area contributed by atoms with E-state index in [1.807, 2.05) is 6.92 Å². The molecule has 1 fully saturated rings. The molecule has 1 aliphatic heterocycles. The molecule has 0 spiro atoms. The molecule has 25 heavy (non-hydrogen) atoms. The Morgan fingerprint density at radius 2 is 1.88 bits per heavy atom. The van der Waals surface area contributed by atoms with Crippen LogP contribution in [0.2, 0.25) is 0 Å². The molecule has 1 unspecified atom stereocenters. The number of hydrogen-bond acceptors (Lipinski definition) is 4. The van der Waals surface area contributed by atoms with Crippen molar-refractivity contribution in [3.8, 4) is 0 Å². The summed E-state index contributed by atoms with van der Waals surface area (Å²) in [4.78, 5) is 22.4. The highest BCUT2D eigenvalue weighted by molar-refractivity contribution is 5.93. The van der Waals surface area contributed by atoms with Crippen LogP contribution >= 0.6 is 0 Å². The minimum absolute atomic E-state index is 0.155. The van der Waals surface area contributed by atoms with E-state index < -0.39 is 11.6 Å². The summed E-state index contributed by atoms with van der Waals surface area (Å²) in [6.07, 6.45) is 4.73. The molecule has 132 valence electrons. The fraction of sp³-hybridized carbons (Fsp3) is 0.389. The van der Waals surface area contributed by atoms with Gasteiger partial charge in [0, 0.05) is 12.4 Å². The molecule has 7 heteroatoms. The van der Waals surface area contributed by atoms with Gasteiger partial charge in [-0.3, -0.25) is 15.0 Å². The van der Waals surface area contributed by atoms with E-state index in [1.54, 1.807) is 24.5 Å². The molecule has 1 aliphatic rings. The first-order valence-electron chi connectivity index (χ1n) is 8.31. The maximum atomic E-state index is 13.4. The van der Waals surface area contributed by atoms with Crippen molar-refractivity contribution in [2.75, 3.05) is 18.4 Å². The molecule has 0 bridgehead atoms. The summed E-state index contributed by atoms with van der Waals surface area (Å²) < 4.78 is 26.5. The van der Waals surface area contributed by atoms with E-state index in [-0.39, 0.29) is 23.8 Å². The first kappa shape index (κ1) is 17.4. The number of halogens is 2. The molecule has 3 rings (SSSR count). The van der Waals surface area contributed by atoms with Gasteiger partial charge in [-0.15, -0.1) is 0 Å². The van der Waals surface area contributed by atoms with Crippen molar-refractivity contribution in [2.24, 2.45) is 0 Å². The van der Waals surface area contributed by atoms with Crippen LogP contribution in [0.25, 0.3) is 0 Å². The van der Waals surface area contributed by atoms with Gasteiger partial charge in [0.25, 0.3) is 0 Å². The Morgan fingerprint density at radius 1 is 1.20 bits per heavy atom. The molecule has 1 amide bonds. The van der Waals surface area contributed by atoms with Crippen molar-refractivity contribution in [1.82, 2.24) is 14.9 Å². The molecule has 5 nitrogen and oxygen atoms in total. The topological polar surface area (TPSA) is 58.1 Å². The van der Waals surface area contributed by atoms with Gasteiger partial charge in [0.1, 0.15) is 0 Å². The van der Waals surface area contributed by atoms with Crippen LogP contribution in [0.15, 0.2) is 36.7 Å². The van der Waals surface area contributed by atoms with Crippen LogP contribution in [-0.2, 0) is 4.79 Å². The number of likely N-dealkylation sites (tertiary alicyclic amines) is 1. The van der Waals surface area contributed by atoms with Gasteiger partial charge in [0.2, 0.25) is 11.9 Å². The first-order chi connectivity index (χ1) is 12.0. The third-order valence-corrected chi connectivity index (χ3v) is 4.67. The van der Waals surface area contributed by atoms with Crippen LogP contribution in [0, 0.1) is 11.6 Å². The normalized spacial score (nSPS) is 17.2. The molecule has 1 aromatic heterocycles. The van der Waals surface area contributed by atoms with Crippen LogP contribution < -0.4 is 5.32 Å². The third-order valence-electron chi connectivity index (χ3n) is 4.67. The number of rotatable bonds is 4. The molecule has 2 heterocycles. The lowest BCUT2D eigenvalue weighted by molar-refractivity contribution is -0.121. The first-order valence-corrected chi connectivity index (χ1v) is 8.31. The Hall–Kier alpha value is -2.41.